The fraction of sp³-hybridized carbons (Fsp3) is 0.917. The van der Waals surface area contributed by atoms with Crippen molar-refractivity contribution in [3.63, 3.8) is 0 Å². The standard InChI is InChI=1S/C12H23N3O3S2/c16-20(17)9-2-11(10-20)14-12(19)13-3-1-4-15-5-7-18-8-6-15/h11H,1-10H2,(H2,13,14,19). The van der Waals surface area contributed by atoms with E-state index in [1.807, 2.05) is 0 Å². The number of rotatable bonds is 5. The van der Waals surface area contributed by atoms with Crippen molar-refractivity contribution in [1.29, 1.82) is 0 Å². The summed E-state index contributed by atoms with van der Waals surface area (Å²) >= 11 is 5.18. The Labute approximate surface area is 126 Å². The summed E-state index contributed by atoms with van der Waals surface area (Å²) in [6.07, 6.45) is 1.67. The van der Waals surface area contributed by atoms with Crippen LogP contribution in [-0.4, -0.2) is 75.4 Å². The topological polar surface area (TPSA) is 70.7 Å². The van der Waals surface area contributed by atoms with Crippen LogP contribution in [0.2, 0.25) is 0 Å². The van der Waals surface area contributed by atoms with Crippen LogP contribution in [0, 0.1) is 0 Å². The van der Waals surface area contributed by atoms with Crippen molar-refractivity contribution in [2.75, 3.05) is 50.9 Å². The third-order valence-corrected chi connectivity index (χ3v) is 5.64. The van der Waals surface area contributed by atoms with E-state index in [0.717, 1.165) is 45.8 Å². The Morgan fingerprint density at radius 1 is 1.35 bits per heavy atom. The molecule has 2 saturated heterocycles. The van der Waals surface area contributed by atoms with E-state index in [1.165, 1.54) is 0 Å². The van der Waals surface area contributed by atoms with Crippen molar-refractivity contribution in [1.82, 2.24) is 15.5 Å². The van der Waals surface area contributed by atoms with Crippen LogP contribution in [0.5, 0.6) is 0 Å². The Kier molecular flexibility index (Phi) is 6.01. The van der Waals surface area contributed by atoms with Crippen molar-refractivity contribution in [3.05, 3.63) is 0 Å². The van der Waals surface area contributed by atoms with Gasteiger partial charge in [0.15, 0.2) is 14.9 Å². The highest BCUT2D eigenvalue weighted by atomic mass is 32.2. The highest BCUT2D eigenvalue weighted by Gasteiger charge is 2.28. The quantitative estimate of drug-likeness (QED) is 0.515. The van der Waals surface area contributed by atoms with Gasteiger partial charge in [0, 0.05) is 25.7 Å². The third-order valence-electron chi connectivity index (χ3n) is 3.61. The first-order chi connectivity index (χ1) is 9.55. The maximum absolute atomic E-state index is 11.3. The fourth-order valence-electron chi connectivity index (χ4n) is 2.47. The highest BCUT2D eigenvalue weighted by Crippen LogP contribution is 2.10. The molecule has 116 valence electrons. The highest BCUT2D eigenvalue weighted by molar-refractivity contribution is 7.91. The molecule has 0 saturated carbocycles. The van der Waals surface area contributed by atoms with Gasteiger partial charge in [-0.25, -0.2) is 8.42 Å². The summed E-state index contributed by atoms with van der Waals surface area (Å²) in [6.45, 7) is 5.50. The zero-order valence-corrected chi connectivity index (χ0v) is 13.3. The Hall–Kier alpha value is -0.440. The lowest BCUT2D eigenvalue weighted by molar-refractivity contribution is 0.0376. The molecule has 2 rings (SSSR count). The van der Waals surface area contributed by atoms with E-state index in [9.17, 15) is 8.42 Å². The molecule has 2 fully saturated rings. The first kappa shape index (κ1) is 15.9. The SMILES string of the molecule is O=S1(=O)CCC(NC(=S)NCCCN2CCOCC2)C1. The predicted molar refractivity (Wildman–Crippen MR) is 82.7 cm³/mol. The number of morpholine rings is 1. The Balaban J connectivity index is 1.54. The summed E-state index contributed by atoms with van der Waals surface area (Å²) < 4.78 is 28.0. The van der Waals surface area contributed by atoms with E-state index in [2.05, 4.69) is 15.5 Å². The molecule has 0 aromatic carbocycles. The Bertz CT molecular complexity index is 422. The molecular formula is C12H23N3O3S2. The lowest BCUT2D eigenvalue weighted by atomic mass is 10.3. The number of sulfone groups is 1. The van der Waals surface area contributed by atoms with Crippen LogP contribution in [0.1, 0.15) is 12.8 Å². The average Bonchev–Trinajstić information content (AvgIpc) is 2.75. The number of nitrogens with one attached hydrogen (secondary N) is 2. The van der Waals surface area contributed by atoms with E-state index in [1.54, 1.807) is 0 Å². The van der Waals surface area contributed by atoms with Crippen molar-refractivity contribution in [2.45, 2.75) is 18.9 Å². The number of thiocarbonyl (C=S) groups is 1. The molecule has 2 aliphatic heterocycles. The van der Waals surface area contributed by atoms with E-state index in [4.69, 9.17) is 17.0 Å². The second kappa shape index (κ2) is 7.53. The number of ether oxygens (including phenoxy) is 1. The van der Waals surface area contributed by atoms with Crippen molar-refractivity contribution >= 4 is 27.2 Å². The number of hydrogen-bond donors (Lipinski definition) is 2. The summed E-state index contributed by atoms with van der Waals surface area (Å²) in [7, 11) is -2.85. The summed E-state index contributed by atoms with van der Waals surface area (Å²) in [4.78, 5) is 2.38. The van der Waals surface area contributed by atoms with E-state index < -0.39 is 9.84 Å². The maximum Gasteiger partial charge on any atom is 0.166 e. The second-order valence-electron chi connectivity index (χ2n) is 5.31. The van der Waals surface area contributed by atoms with Gasteiger partial charge < -0.3 is 15.4 Å². The molecule has 0 aromatic heterocycles. The van der Waals surface area contributed by atoms with Gasteiger partial charge in [0.05, 0.1) is 24.7 Å². The van der Waals surface area contributed by atoms with Gasteiger partial charge in [0.2, 0.25) is 0 Å². The number of hydrogen-bond acceptors (Lipinski definition) is 5. The average molecular weight is 321 g/mol. The lowest BCUT2D eigenvalue weighted by Crippen LogP contribution is -2.43. The first-order valence-corrected chi connectivity index (χ1v) is 9.33. The molecule has 20 heavy (non-hydrogen) atoms. The third kappa shape index (κ3) is 5.51. The van der Waals surface area contributed by atoms with Crippen LogP contribution in [0.3, 0.4) is 0 Å². The minimum Gasteiger partial charge on any atom is -0.379 e. The molecule has 8 heteroatoms. The van der Waals surface area contributed by atoms with Gasteiger partial charge >= 0.3 is 0 Å². The maximum atomic E-state index is 11.3. The molecular weight excluding hydrogens is 298 g/mol. The molecule has 0 amide bonds. The van der Waals surface area contributed by atoms with E-state index >= 15 is 0 Å². The molecule has 2 aliphatic rings. The van der Waals surface area contributed by atoms with Gasteiger partial charge in [-0.2, -0.15) is 0 Å². The molecule has 0 aromatic rings. The van der Waals surface area contributed by atoms with Gasteiger partial charge in [0.1, 0.15) is 0 Å². The summed E-state index contributed by atoms with van der Waals surface area (Å²) in [5, 5.41) is 6.79. The minimum atomic E-state index is -2.85. The zero-order chi connectivity index (χ0) is 14.4. The molecule has 0 bridgehead atoms. The van der Waals surface area contributed by atoms with Crippen molar-refractivity contribution < 1.29 is 13.2 Å². The summed E-state index contributed by atoms with van der Waals surface area (Å²) in [5.74, 6) is 0.465. The lowest BCUT2D eigenvalue weighted by Gasteiger charge is -2.26. The van der Waals surface area contributed by atoms with Crippen LogP contribution < -0.4 is 10.6 Å². The van der Waals surface area contributed by atoms with Gasteiger partial charge in [-0.1, -0.05) is 0 Å². The number of nitrogens with zero attached hydrogens (tertiary/aromatic N) is 1. The van der Waals surface area contributed by atoms with Crippen LogP contribution >= 0.6 is 12.2 Å². The van der Waals surface area contributed by atoms with Gasteiger partial charge in [-0.05, 0) is 31.6 Å². The van der Waals surface area contributed by atoms with Crippen LogP contribution in [0.4, 0.5) is 0 Å². The van der Waals surface area contributed by atoms with Gasteiger partial charge in [0.25, 0.3) is 0 Å². The predicted octanol–water partition coefficient (Wildman–Crippen LogP) is -0.640. The largest absolute Gasteiger partial charge is 0.379 e. The van der Waals surface area contributed by atoms with Crippen LogP contribution in [0.25, 0.3) is 0 Å². The van der Waals surface area contributed by atoms with Gasteiger partial charge in [-0.15, -0.1) is 0 Å². The monoisotopic (exact) mass is 321 g/mol. The smallest absolute Gasteiger partial charge is 0.166 e. The van der Waals surface area contributed by atoms with Crippen molar-refractivity contribution in [2.24, 2.45) is 0 Å². The second-order valence-corrected chi connectivity index (χ2v) is 7.94. The minimum absolute atomic E-state index is 0.0285. The van der Waals surface area contributed by atoms with Gasteiger partial charge in [-0.3, -0.25) is 4.90 Å². The Morgan fingerprint density at radius 3 is 2.75 bits per heavy atom. The van der Waals surface area contributed by atoms with Crippen LogP contribution in [0.15, 0.2) is 0 Å². The molecule has 2 N–H and O–H groups in total. The van der Waals surface area contributed by atoms with Crippen molar-refractivity contribution in [3.8, 4) is 0 Å². The fourth-order valence-corrected chi connectivity index (χ4v) is 4.42. The molecule has 2 heterocycles. The first-order valence-electron chi connectivity index (χ1n) is 7.10. The molecule has 1 unspecified atom stereocenters. The zero-order valence-electron chi connectivity index (χ0n) is 11.6. The molecule has 0 radical (unpaired) electrons. The molecule has 6 nitrogen and oxygen atoms in total. The molecule has 0 aliphatic carbocycles. The van der Waals surface area contributed by atoms with Crippen LogP contribution in [-0.2, 0) is 14.6 Å². The summed E-state index contributed by atoms with van der Waals surface area (Å²) in [6, 6.07) is -0.0285. The van der Waals surface area contributed by atoms with E-state index in [-0.39, 0.29) is 17.5 Å². The molecule has 1 atom stereocenters. The molecule has 0 spiro atoms. The normalized spacial score (nSPS) is 26.3. The van der Waals surface area contributed by atoms with E-state index in [0.29, 0.717) is 11.5 Å². The summed E-state index contributed by atoms with van der Waals surface area (Å²) in [5.41, 5.74) is 0. The Morgan fingerprint density at radius 2 is 2.10 bits per heavy atom.